The van der Waals surface area contributed by atoms with E-state index in [-0.39, 0.29) is 35.1 Å². The molecule has 8 heteroatoms. The summed E-state index contributed by atoms with van der Waals surface area (Å²) >= 11 is 0. The number of hydrogen-bond donors (Lipinski definition) is 3. The van der Waals surface area contributed by atoms with Gasteiger partial charge in [-0.15, -0.1) is 0 Å². The number of piperidine rings is 1. The Labute approximate surface area is 224 Å². The maximum Gasteiger partial charge on any atom is 0.338 e. The van der Waals surface area contributed by atoms with Gasteiger partial charge in [0.05, 0.1) is 24.4 Å². The van der Waals surface area contributed by atoms with Crippen molar-refractivity contribution in [3.05, 3.63) is 35.9 Å². The van der Waals surface area contributed by atoms with Gasteiger partial charge < -0.3 is 29.5 Å². The second-order valence-electron chi connectivity index (χ2n) is 13.1. The number of ether oxygens (including phenoxy) is 3. The number of likely N-dealkylation sites (tertiary alicyclic amines) is 1. The van der Waals surface area contributed by atoms with Crippen LogP contribution in [-0.2, 0) is 14.2 Å². The SMILES string of the molecule is CCN1C[C@]2(COC)CC[C@H](O)[C@@]34[C@@H]5C[C@@H]6[C@@H](OC)[C@H](O)[C@@](O)([C@H]5[C@H]6OC(=O)c5ccccc5)[C@@H](C[C@H]23)[C@@H]14. The summed E-state index contributed by atoms with van der Waals surface area (Å²) in [5.41, 5.74) is -1.56. The fraction of sp³-hybridized carbons (Fsp3) is 0.767. The van der Waals surface area contributed by atoms with Crippen molar-refractivity contribution in [2.75, 3.05) is 33.9 Å². The number of methoxy groups -OCH3 is 2. The number of rotatable bonds is 6. The zero-order valence-electron chi connectivity index (χ0n) is 22.5. The van der Waals surface area contributed by atoms with E-state index in [1.165, 1.54) is 0 Å². The molecule has 1 saturated heterocycles. The summed E-state index contributed by atoms with van der Waals surface area (Å²) in [5, 5.41) is 36.7. The average molecular weight is 528 g/mol. The molecule has 38 heavy (non-hydrogen) atoms. The van der Waals surface area contributed by atoms with Crippen LogP contribution in [0.15, 0.2) is 30.3 Å². The van der Waals surface area contributed by atoms with Gasteiger partial charge in [0.25, 0.3) is 0 Å². The van der Waals surface area contributed by atoms with Gasteiger partial charge in [0.1, 0.15) is 17.8 Å². The van der Waals surface area contributed by atoms with E-state index in [1.807, 2.05) is 18.2 Å². The third-order valence-electron chi connectivity index (χ3n) is 12.2. The topological polar surface area (TPSA) is 109 Å². The summed E-state index contributed by atoms with van der Waals surface area (Å²) in [4.78, 5) is 15.8. The van der Waals surface area contributed by atoms with Crippen LogP contribution in [-0.4, -0.2) is 96.2 Å². The van der Waals surface area contributed by atoms with Gasteiger partial charge in [-0.05, 0) is 56.2 Å². The molecule has 8 nitrogen and oxygen atoms in total. The van der Waals surface area contributed by atoms with Crippen LogP contribution in [0, 0.1) is 40.4 Å². The first-order valence-electron chi connectivity index (χ1n) is 14.4. The Balaban J connectivity index is 1.39. The number of fused-ring (bicyclic) bond motifs is 2. The Morgan fingerprint density at radius 3 is 2.55 bits per heavy atom. The summed E-state index contributed by atoms with van der Waals surface area (Å²) in [6.45, 7) is 4.46. The lowest BCUT2D eigenvalue weighted by Gasteiger charge is -2.69. The van der Waals surface area contributed by atoms with Gasteiger partial charge in [-0.3, -0.25) is 4.90 Å². The molecular formula is C30H41NO7. The Morgan fingerprint density at radius 1 is 1.11 bits per heavy atom. The lowest BCUT2D eigenvalue weighted by Crippen LogP contribution is -2.78. The van der Waals surface area contributed by atoms with Crippen LogP contribution in [0.2, 0.25) is 0 Å². The highest BCUT2D eigenvalue weighted by atomic mass is 16.6. The average Bonchev–Trinajstić information content (AvgIpc) is 3.38. The molecule has 1 aromatic rings. The van der Waals surface area contributed by atoms with Gasteiger partial charge in [0.2, 0.25) is 0 Å². The number of esters is 1. The minimum Gasteiger partial charge on any atom is -0.458 e. The van der Waals surface area contributed by atoms with Crippen molar-refractivity contribution in [1.82, 2.24) is 4.90 Å². The second-order valence-corrected chi connectivity index (χ2v) is 13.1. The van der Waals surface area contributed by atoms with Crippen molar-refractivity contribution >= 4 is 5.97 Å². The van der Waals surface area contributed by atoms with Gasteiger partial charge in [-0.1, -0.05) is 25.1 Å². The minimum atomic E-state index is -1.48. The van der Waals surface area contributed by atoms with E-state index >= 15 is 0 Å². The smallest absolute Gasteiger partial charge is 0.338 e. The van der Waals surface area contributed by atoms with Crippen molar-refractivity contribution in [2.45, 2.75) is 68.7 Å². The van der Waals surface area contributed by atoms with E-state index in [9.17, 15) is 20.1 Å². The molecular weight excluding hydrogens is 486 g/mol. The van der Waals surface area contributed by atoms with Crippen molar-refractivity contribution < 1.29 is 34.3 Å². The first-order valence-corrected chi connectivity index (χ1v) is 14.4. The van der Waals surface area contributed by atoms with Gasteiger partial charge in [-0.2, -0.15) is 0 Å². The fourth-order valence-electron chi connectivity index (χ4n) is 11.3. The highest BCUT2D eigenvalue weighted by molar-refractivity contribution is 5.89. The van der Waals surface area contributed by atoms with Crippen LogP contribution in [0.1, 0.15) is 43.0 Å². The van der Waals surface area contributed by atoms with Gasteiger partial charge >= 0.3 is 5.97 Å². The molecule has 0 aromatic heterocycles. The lowest BCUT2D eigenvalue weighted by molar-refractivity contribution is -0.296. The number of nitrogens with zero attached hydrogens (tertiary/aromatic N) is 1. The number of aliphatic hydroxyl groups excluding tert-OH is 2. The third kappa shape index (κ3) is 2.79. The van der Waals surface area contributed by atoms with E-state index in [1.54, 1.807) is 26.4 Å². The maximum absolute atomic E-state index is 13.3. The summed E-state index contributed by atoms with van der Waals surface area (Å²) in [7, 11) is 3.33. The van der Waals surface area contributed by atoms with Crippen molar-refractivity contribution in [3.8, 4) is 0 Å². The molecule has 0 amide bonds. The molecule has 208 valence electrons. The molecule has 7 bridgehead atoms. The molecule has 1 spiro atoms. The Bertz CT molecular complexity index is 1100. The molecule has 0 radical (unpaired) electrons. The van der Waals surface area contributed by atoms with E-state index in [0.717, 1.165) is 25.9 Å². The van der Waals surface area contributed by atoms with Crippen molar-refractivity contribution in [2.24, 2.45) is 40.4 Å². The first-order chi connectivity index (χ1) is 18.3. The van der Waals surface area contributed by atoms with Gasteiger partial charge in [0.15, 0.2) is 0 Å². The molecule has 5 saturated carbocycles. The third-order valence-corrected chi connectivity index (χ3v) is 12.2. The van der Waals surface area contributed by atoms with E-state index in [4.69, 9.17) is 14.2 Å². The number of carbonyl (C=O) groups is 1. The monoisotopic (exact) mass is 527 g/mol. The standard InChI is InChI=1S/C30H41NO7/c1-4-31-14-28(15-36-2)11-10-21(32)29-18-12-17-23(38-27(34)16-8-6-5-7-9-16)22(18)30(35,26(33)24(17)37-3)19(25(29)31)13-20(28)29/h5-9,17-26,32-33,35H,4,10-15H2,1-3H3/t17-,18+,19-,20+,21-,22+,23-,24+,25+,26-,28-,29+,30-/m0/s1. The lowest BCUT2D eigenvalue weighted by atomic mass is 9.43. The summed E-state index contributed by atoms with van der Waals surface area (Å²) in [6, 6.07) is 8.91. The Hall–Kier alpha value is -1.55. The number of carbonyl (C=O) groups excluding carboxylic acids is 1. The molecule has 6 fully saturated rings. The van der Waals surface area contributed by atoms with Gasteiger partial charge in [-0.25, -0.2) is 4.79 Å². The maximum atomic E-state index is 13.3. The van der Waals surface area contributed by atoms with Crippen LogP contribution >= 0.6 is 0 Å². The van der Waals surface area contributed by atoms with E-state index < -0.39 is 47.3 Å². The normalized spacial score (nSPS) is 52.2. The van der Waals surface area contributed by atoms with Crippen molar-refractivity contribution in [3.63, 3.8) is 0 Å². The molecule has 5 aliphatic carbocycles. The Kier molecular flexibility index (Phi) is 5.67. The highest BCUT2D eigenvalue weighted by Gasteiger charge is 2.85. The van der Waals surface area contributed by atoms with E-state index in [2.05, 4.69) is 11.8 Å². The predicted molar refractivity (Wildman–Crippen MR) is 137 cm³/mol. The molecule has 3 N–H and O–H groups in total. The summed E-state index contributed by atoms with van der Waals surface area (Å²) < 4.78 is 18.0. The number of benzene rings is 1. The largest absolute Gasteiger partial charge is 0.458 e. The number of aliphatic hydroxyl groups is 3. The molecule has 1 aromatic carbocycles. The molecule has 13 atom stereocenters. The van der Waals surface area contributed by atoms with Crippen molar-refractivity contribution in [1.29, 1.82) is 0 Å². The molecule has 6 aliphatic rings. The molecule has 7 rings (SSSR count). The molecule has 1 heterocycles. The van der Waals surface area contributed by atoms with E-state index in [0.29, 0.717) is 25.0 Å². The van der Waals surface area contributed by atoms with Crippen LogP contribution < -0.4 is 0 Å². The summed E-state index contributed by atoms with van der Waals surface area (Å²) in [5.74, 6) is -1.32. The molecule has 1 aliphatic heterocycles. The number of hydrogen-bond acceptors (Lipinski definition) is 8. The Morgan fingerprint density at radius 2 is 1.87 bits per heavy atom. The first kappa shape index (κ1) is 25.4. The zero-order chi connectivity index (χ0) is 26.6. The van der Waals surface area contributed by atoms with Crippen LogP contribution in [0.25, 0.3) is 0 Å². The quantitative estimate of drug-likeness (QED) is 0.480. The summed E-state index contributed by atoms with van der Waals surface area (Å²) in [6.07, 6.45) is 0.122. The second kappa shape index (κ2) is 8.48. The van der Waals surface area contributed by atoms with Crippen LogP contribution in [0.4, 0.5) is 0 Å². The minimum absolute atomic E-state index is 0.0430. The molecule has 0 unspecified atom stereocenters. The highest BCUT2D eigenvalue weighted by Crippen LogP contribution is 2.79. The zero-order valence-corrected chi connectivity index (χ0v) is 22.5. The van der Waals surface area contributed by atoms with Crippen LogP contribution in [0.3, 0.4) is 0 Å². The predicted octanol–water partition coefficient (Wildman–Crippen LogP) is 1.71. The van der Waals surface area contributed by atoms with Gasteiger partial charge in [0, 0.05) is 55.4 Å². The van der Waals surface area contributed by atoms with Crippen LogP contribution in [0.5, 0.6) is 0 Å². The fourth-order valence-corrected chi connectivity index (χ4v) is 11.3.